The predicted octanol–water partition coefficient (Wildman–Crippen LogP) is 5.32. The van der Waals surface area contributed by atoms with Crippen molar-refractivity contribution in [3.8, 4) is 0 Å². The maximum Gasteiger partial charge on any atom is 0.0577 e. The van der Waals surface area contributed by atoms with Gasteiger partial charge in [-0.3, -0.25) is 4.98 Å². The molecular weight excluding hydrogens is 318 g/mol. The van der Waals surface area contributed by atoms with Crippen molar-refractivity contribution in [2.75, 3.05) is 0 Å². The van der Waals surface area contributed by atoms with Gasteiger partial charge in [0, 0.05) is 17.8 Å². The summed E-state index contributed by atoms with van der Waals surface area (Å²) in [5.74, 6) is 1.39. The first-order valence-corrected chi connectivity index (χ1v) is 10.2. The minimum absolute atomic E-state index is 0.121. The molecule has 0 aromatic carbocycles. The monoisotopic (exact) mass is 347 g/mol. The van der Waals surface area contributed by atoms with Crippen LogP contribution >= 0.6 is 0 Å². The first kappa shape index (κ1) is 16.5. The number of hydrogen-bond acceptors (Lipinski definition) is 2. The number of rotatable bonds is 1. The van der Waals surface area contributed by atoms with Gasteiger partial charge in [0.1, 0.15) is 0 Å². The van der Waals surface area contributed by atoms with Crippen LogP contribution in [0.1, 0.15) is 57.9 Å². The topological polar surface area (TPSA) is 33.1 Å². The summed E-state index contributed by atoms with van der Waals surface area (Å²) >= 11 is 0. The normalized spacial score (nSPS) is 41.3. The van der Waals surface area contributed by atoms with Crippen molar-refractivity contribution in [2.24, 2.45) is 22.7 Å². The fraction of sp³-hybridized carbons (Fsp3) is 0.542. The molecule has 0 spiro atoms. The number of fused-ring (bicyclic) bond motifs is 5. The third-order valence-electron chi connectivity index (χ3n) is 8.10. The van der Waals surface area contributed by atoms with Crippen molar-refractivity contribution in [2.45, 2.75) is 58.5 Å². The lowest BCUT2D eigenvalue weighted by molar-refractivity contribution is 0.0369. The van der Waals surface area contributed by atoms with Crippen LogP contribution in [-0.2, 0) is 0 Å². The summed E-state index contributed by atoms with van der Waals surface area (Å²) in [6.07, 6.45) is 17.7. The van der Waals surface area contributed by atoms with E-state index >= 15 is 0 Å². The SMILES string of the molecule is C[C@]12CCC3C(CC=C4C[C@H](O)CC[C@@]43C)C1=CC=C2c1cccnc1. The van der Waals surface area contributed by atoms with Crippen molar-refractivity contribution in [1.82, 2.24) is 4.98 Å². The summed E-state index contributed by atoms with van der Waals surface area (Å²) in [5.41, 5.74) is 6.38. The van der Waals surface area contributed by atoms with E-state index in [4.69, 9.17) is 0 Å². The number of aromatic nitrogens is 1. The zero-order valence-electron chi connectivity index (χ0n) is 15.9. The first-order chi connectivity index (χ1) is 12.5. The Morgan fingerprint density at radius 1 is 1.15 bits per heavy atom. The molecule has 1 aromatic heterocycles. The minimum Gasteiger partial charge on any atom is -0.393 e. The maximum absolute atomic E-state index is 10.1. The smallest absolute Gasteiger partial charge is 0.0577 e. The molecule has 1 N–H and O–H groups in total. The van der Waals surface area contributed by atoms with E-state index in [9.17, 15) is 5.11 Å². The zero-order valence-corrected chi connectivity index (χ0v) is 15.9. The van der Waals surface area contributed by atoms with Gasteiger partial charge in [0.15, 0.2) is 0 Å². The minimum atomic E-state index is -0.121. The molecule has 5 rings (SSSR count). The molecule has 136 valence electrons. The van der Waals surface area contributed by atoms with Crippen molar-refractivity contribution >= 4 is 5.57 Å². The second kappa shape index (κ2) is 5.66. The summed E-state index contributed by atoms with van der Waals surface area (Å²) < 4.78 is 0. The molecule has 0 aliphatic heterocycles. The number of allylic oxidation sites excluding steroid dienone is 5. The molecule has 2 saturated carbocycles. The van der Waals surface area contributed by atoms with Crippen molar-refractivity contribution in [3.63, 3.8) is 0 Å². The molecule has 1 aromatic rings. The Bertz CT molecular complexity index is 820. The van der Waals surface area contributed by atoms with Gasteiger partial charge in [0.05, 0.1) is 6.10 Å². The highest BCUT2D eigenvalue weighted by molar-refractivity contribution is 5.78. The Balaban J connectivity index is 1.50. The predicted molar refractivity (Wildman–Crippen MR) is 105 cm³/mol. The van der Waals surface area contributed by atoms with Crippen LogP contribution in [0.15, 0.2) is 53.9 Å². The molecule has 26 heavy (non-hydrogen) atoms. The van der Waals surface area contributed by atoms with E-state index in [1.165, 1.54) is 24.0 Å². The Kier molecular flexibility index (Phi) is 3.59. The standard InChI is InChI=1S/C24H29NO/c1-23-11-9-18(26)14-17(23)5-6-19-21-8-7-20(16-4-3-13-25-15-16)24(21,2)12-10-22(19)23/h3-5,7-8,13,15,18-19,22,26H,6,9-12,14H2,1-2H3/t18-,19?,22?,23+,24-/m1/s1. The number of aliphatic hydroxyl groups excluding tert-OH is 1. The molecule has 0 amide bonds. The molecule has 5 atom stereocenters. The number of nitrogens with zero attached hydrogens (tertiary/aromatic N) is 1. The van der Waals surface area contributed by atoms with Gasteiger partial charge in [-0.1, -0.05) is 49.3 Å². The van der Waals surface area contributed by atoms with Gasteiger partial charge in [0.25, 0.3) is 0 Å². The molecule has 4 aliphatic rings. The fourth-order valence-electron chi connectivity index (χ4n) is 6.59. The van der Waals surface area contributed by atoms with E-state index in [0.29, 0.717) is 11.3 Å². The fourth-order valence-corrected chi connectivity index (χ4v) is 6.59. The van der Waals surface area contributed by atoms with Gasteiger partial charge in [0.2, 0.25) is 0 Å². The molecule has 2 unspecified atom stereocenters. The van der Waals surface area contributed by atoms with Gasteiger partial charge in [-0.05, 0) is 73.0 Å². The second-order valence-corrected chi connectivity index (χ2v) is 9.31. The highest BCUT2D eigenvalue weighted by Crippen LogP contribution is 2.64. The van der Waals surface area contributed by atoms with Crippen molar-refractivity contribution in [3.05, 3.63) is 59.5 Å². The van der Waals surface area contributed by atoms with Crippen LogP contribution in [0.25, 0.3) is 5.57 Å². The van der Waals surface area contributed by atoms with Crippen molar-refractivity contribution < 1.29 is 5.11 Å². The summed E-state index contributed by atoms with van der Waals surface area (Å²) in [6.45, 7) is 4.93. The zero-order chi connectivity index (χ0) is 17.9. The number of aliphatic hydroxyl groups is 1. The quantitative estimate of drug-likeness (QED) is 0.698. The van der Waals surface area contributed by atoms with Crippen LogP contribution in [0.3, 0.4) is 0 Å². The molecule has 0 saturated heterocycles. The van der Waals surface area contributed by atoms with Crippen molar-refractivity contribution in [1.29, 1.82) is 0 Å². The molecule has 2 heteroatoms. The van der Waals surface area contributed by atoms with Crippen LogP contribution < -0.4 is 0 Å². The third-order valence-corrected chi connectivity index (χ3v) is 8.10. The Hall–Kier alpha value is -1.67. The molecule has 4 aliphatic carbocycles. The molecule has 0 radical (unpaired) electrons. The summed E-state index contributed by atoms with van der Waals surface area (Å²) in [5, 5.41) is 10.1. The maximum atomic E-state index is 10.1. The van der Waals surface area contributed by atoms with Crippen LogP contribution in [0.4, 0.5) is 0 Å². The Morgan fingerprint density at radius 3 is 2.85 bits per heavy atom. The van der Waals surface area contributed by atoms with Crippen LogP contribution in [0.5, 0.6) is 0 Å². The van der Waals surface area contributed by atoms with Crippen LogP contribution in [-0.4, -0.2) is 16.2 Å². The number of pyridine rings is 1. The van der Waals surface area contributed by atoms with E-state index in [1.54, 1.807) is 11.1 Å². The van der Waals surface area contributed by atoms with Crippen LogP contribution in [0.2, 0.25) is 0 Å². The third kappa shape index (κ3) is 2.18. The second-order valence-electron chi connectivity index (χ2n) is 9.31. The highest BCUT2D eigenvalue weighted by atomic mass is 16.3. The molecule has 0 bridgehead atoms. The molecular formula is C24H29NO. The molecule has 2 fully saturated rings. The summed E-state index contributed by atoms with van der Waals surface area (Å²) in [7, 11) is 0. The average Bonchev–Trinajstić information content (AvgIpc) is 3.00. The van der Waals surface area contributed by atoms with Gasteiger partial charge < -0.3 is 5.11 Å². The van der Waals surface area contributed by atoms with Gasteiger partial charge in [-0.2, -0.15) is 0 Å². The Labute approximate surface area is 156 Å². The van der Waals surface area contributed by atoms with Gasteiger partial charge in [-0.15, -0.1) is 0 Å². The van der Waals surface area contributed by atoms with Gasteiger partial charge in [-0.25, -0.2) is 0 Å². The van der Waals surface area contributed by atoms with E-state index in [0.717, 1.165) is 31.6 Å². The average molecular weight is 348 g/mol. The van der Waals surface area contributed by atoms with E-state index in [2.05, 4.69) is 43.1 Å². The number of hydrogen-bond donors (Lipinski definition) is 1. The lowest BCUT2D eigenvalue weighted by Gasteiger charge is -2.56. The molecule has 1 heterocycles. The Morgan fingerprint density at radius 2 is 2.04 bits per heavy atom. The van der Waals surface area contributed by atoms with E-state index in [-0.39, 0.29) is 11.5 Å². The summed E-state index contributed by atoms with van der Waals surface area (Å²) in [4.78, 5) is 4.35. The first-order valence-electron chi connectivity index (χ1n) is 10.2. The van der Waals surface area contributed by atoms with Gasteiger partial charge >= 0.3 is 0 Å². The lowest BCUT2D eigenvalue weighted by atomic mass is 9.49. The summed E-state index contributed by atoms with van der Waals surface area (Å²) in [6, 6.07) is 4.25. The van der Waals surface area contributed by atoms with E-state index < -0.39 is 0 Å². The highest BCUT2D eigenvalue weighted by Gasteiger charge is 2.54. The van der Waals surface area contributed by atoms with Crippen LogP contribution in [0, 0.1) is 22.7 Å². The van der Waals surface area contributed by atoms with E-state index in [1.807, 2.05) is 18.5 Å². The molecule has 2 nitrogen and oxygen atoms in total. The lowest BCUT2D eigenvalue weighted by Crippen LogP contribution is -2.47. The largest absolute Gasteiger partial charge is 0.393 e.